The number of benzene rings is 1. The van der Waals surface area contributed by atoms with Crippen molar-refractivity contribution in [3.05, 3.63) is 40.3 Å². The van der Waals surface area contributed by atoms with Gasteiger partial charge in [-0.3, -0.25) is 4.79 Å². The van der Waals surface area contributed by atoms with Crippen LogP contribution in [-0.4, -0.2) is 31.1 Å². The maximum absolute atomic E-state index is 12.5. The predicted molar refractivity (Wildman–Crippen MR) is 102 cm³/mol. The first-order chi connectivity index (χ1) is 12.4. The molecular formula is C20H23NO4S. The summed E-state index contributed by atoms with van der Waals surface area (Å²) in [7, 11) is 1.66. The number of hydrogen-bond acceptors (Lipinski definition) is 5. The zero-order valence-electron chi connectivity index (χ0n) is 15.4. The van der Waals surface area contributed by atoms with Gasteiger partial charge in [-0.25, -0.2) is 4.79 Å². The number of carbonyl (C=O) groups excluding carboxylic acids is 2. The van der Waals surface area contributed by atoms with Gasteiger partial charge in [0.25, 0.3) is 5.91 Å². The van der Waals surface area contributed by atoms with Gasteiger partial charge < -0.3 is 14.8 Å². The van der Waals surface area contributed by atoms with E-state index < -0.39 is 12.1 Å². The molecule has 0 fully saturated rings. The molecule has 0 radical (unpaired) electrons. The summed E-state index contributed by atoms with van der Waals surface area (Å²) < 4.78 is 10.6. The third-order valence-corrected chi connectivity index (χ3v) is 5.51. The highest BCUT2D eigenvalue weighted by Gasteiger charge is 2.25. The highest BCUT2D eigenvalue weighted by molar-refractivity contribution is 7.17. The van der Waals surface area contributed by atoms with Crippen LogP contribution in [0, 0.1) is 0 Å². The summed E-state index contributed by atoms with van der Waals surface area (Å²) in [6, 6.07) is 7.92. The minimum absolute atomic E-state index is 0.00574. The van der Waals surface area contributed by atoms with Crippen molar-refractivity contribution in [3.8, 4) is 16.2 Å². The lowest BCUT2D eigenvalue weighted by Gasteiger charge is -2.16. The fraction of sp³-hybridized carbons (Fsp3) is 0.400. The zero-order chi connectivity index (χ0) is 18.8. The smallest absolute Gasteiger partial charge is 0.349 e. The lowest BCUT2D eigenvalue weighted by Crippen LogP contribution is -2.39. The second-order valence-electron chi connectivity index (χ2n) is 6.70. The van der Waals surface area contributed by atoms with E-state index in [1.165, 1.54) is 16.9 Å². The van der Waals surface area contributed by atoms with Crippen molar-refractivity contribution in [2.24, 2.45) is 0 Å². The number of amides is 1. The summed E-state index contributed by atoms with van der Waals surface area (Å²) in [5.41, 5.74) is 3.52. The molecule has 0 aliphatic heterocycles. The molecule has 3 rings (SSSR count). The van der Waals surface area contributed by atoms with E-state index >= 15 is 0 Å². The van der Waals surface area contributed by atoms with Gasteiger partial charge in [-0.1, -0.05) is 0 Å². The first-order valence-electron chi connectivity index (χ1n) is 8.70. The average molecular weight is 373 g/mol. The fourth-order valence-electron chi connectivity index (χ4n) is 3.01. The molecule has 0 bridgehead atoms. The number of hydrogen-bond donors (Lipinski definition) is 1. The van der Waals surface area contributed by atoms with Crippen molar-refractivity contribution in [1.82, 2.24) is 5.32 Å². The quantitative estimate of drug-likeness (QED) is 0.814. The van der Waals surface area contributed by atoms with Crippen LogP contribution < -0.4 is 10.1 Å². The molecule has 1 aromatic heterocycles. The summed E-state index contributed by atoms with van der Waals surface area (Å²) >= 11 is 1.42. The van der Waals surface area contributed by atoms with Gasteiger partial charge in [0.2, 0.25) is 0 Å². The van der Waals surface area contributed by atoms with Crippen LogP contribution in [0.5, 0.6) is 5.75 Å². The number of fused-ring (bicyclic) bond motifs is 3. The number of nitrogens with one attached hydrogen (secondary N) is 1. The van der Waals surface area contributed by atoms with Gasteiger partial charge in [-0.15, -0.1) is 11.3 Å². The van der Waals surface area contributed by atoms with Gasteiger partial charge in [0.05, 0.1) is 7.11 Å². The summed E-state index contributed by atoms with van der Waals surface area (Å²) in [6.07, 6.45) is 0.973. The number of thiophene rings is 1. The van der Waals surface area contributed by atoms with Crippen molar-refractivity contribution >= 4 is 23.2 Å². The molecule has 0 unspecified atom stereocenters. The number of methoxy groups -OCH3 is 1. The molecular weight excluding hydrogens is 350 g/mol. The molecule has 1 aliphatic rings. The van der Waals surface area contributed by atoms with E-state index in [1.54, 1.807) is 14.0 Å². The molecule has 1 heterocycles. The third kappa shape index (κ3) is 3.75. The minimum atomic E-state index is -0.819. The molecule has 138 valence electrons. The van der Waals surface area contributed by atoms with Crippen molar-refractivity contribution in [2.75, 3.05) is 7.11 Å². The summed E-state index contributed by atoms with van der Waals surface area (Å²) in [4.78, 5) is 26.0. The number of ether oxygens (including phenoxy) is 2. The van der Waals surface area contributed by atoms with Crippen LogP contribution in [-0.2, 0) is 22.4 Å². The van der Waals surface area contributed by atoms with Gasteiger partial charge in [-0.2, -0.15) is 0 Å². The topological polar surface area (TPSA) is 64.6 Å². The SMILES string of the molecule is COc1ccc2c(c1)CCc1cc(C(=O)O[C@H](C)C(=O)NC(C)C)sc1-2. The van der Waals surface area contributed by atoms with E-state index in [0.29, 0.717) is 4.88 Å². The first kappa shape index (κ1) is 18.5. The van der Waals surface area contributed by atoms with Gasteiger partial charge in [0.15, 0.2) is 6.10 Å². The van der Waals surface area contributed by atoms with Crippen LogP contribution >= 0.6 is 11.3 Å². The standard InChI is InChI=1S/C20H23NO4S/c1-11(2)21-19(22)12(3)25-20(23)17-10-14-6-5-13-9-15(24-4)7-8-16(13)18(14)26-17/h7-12H,5-6H2,1-4H3,(H,21,22)/t12-/m1/s1. The largest absolute Gasteiger partial charge is 0.497 e. The Kier molecular flexibility index (Phi) is 5.32. The molecule has 1 aromatic carbocycles. The highest BCUT2D eigenvalue weighted by Crippen LogP contribution is 2.41. The van der Waals surface area contributed by atoms with Crippen LogP contribution in [0.15, 0.2) is 24.3 Å². The molecule has 1 aliphatic carbocycles. The van der Waals surface area contributed by atoms with Crippen molar-refractivity contribution in [3.63, 3.8) is 0 Å². The molecule has 6 heteroatoms. The Bertz CT molecular complexity index is 840. The Morgan fingerprint density at radius 1 is 1.12 bits per heavy atom. The van der Waals surface area contributed by atoms with Crippen molar-refractivity contribution in [2.45, 2.75) is 45.8 Å². The zero-order valence-corrected chi connectivity index (χ0v) is 16.2. The molecule has 1 N–H and O–H groups in total. The number of aryl methyl sites for hydroxylation is 2. The predicted octanol–water partition coefficient (Wildman–Crippen LogP) is 3.59. The summed E-state index contributed by atoms with van der Waals surface area (Å²) in [5.74, 6) is 0.103. The van der Waals surface area contributed by atoms with Crippen LogP contribution in [0.25, 0.3) is 10.4 Å². The molecule has 1 amide bonds. The van der Waals surface area contributed by atoms with Crippen LogP contribution in [0.4, 0.5) is 0 Å². The van der Waals surface area contributed by atoms with Crippen LogP contribution in [0.2, 0.25) is 0 Å². The Balaban J connectivity index is 1.78. The third-order valence-electron chi connectivity index (χ3n) is 4.31. The lowest BCUT2D eigenvalue weighted by molar-refractivity contribution is -0.129. The highest BCUT2D eigenvalue weighted by atomic mass is 32.1. The molecule has 0 saturated carbocycles. The molecule has 26 heavy (non-hydrogen) atoms. The molecule has 5 nitrogen and oxygen atoms in total. The maximum Gasteiger partial charge on any atom is 0.349 e. The van der Waals surface area contributed by atoms with Gasteiger partial charge in [0, 0.05) is 10.9 Å². The van der Waals surface area contributed by atoms with E-state index in [2.05, 4.69) is 5.32 Å². The van der Waals surface area contributed by atoms with Crippen LogP contribution in [0.3, 0.4) is 0 Å². The fourth-order valence-corrected chi connectivity index (χ4v) is 4.17. The first-order valence-corrected chi connectivity index (χ1v) is 9.52. The van der Waals surface area contributed by atoms with E-state index in [9.17, 15) is 9.59 Å². The Labute approximate surface area is 157 Å². The van der Waals surface area contributed by atoms with E-state index in [1.807, 2.05) is 38.1 Å². The number of carbonyl (C=O) groups is 2. The lowest BCUT2D eigenvalue weighted by atomic mass is 9.91. The van der Waals surface area contributed by atoms with Gasteiger partial charge >= 0.3 is 5.97 Å². The molecule has 0 saturated heterocycles. The Morgan fingerprint density at radius 2 is 1.85 bits per heavy atom. The monoisotopic (exact) mass is 373 g/mol. The van der Waals surface area contributed by atoms with Gasteiger partial charge in [0.1, 0.15) is 10.6 Å². The van der Waals surface area contributed by atoms with Crippen molar-refractivity contribution in [1.29, 1.82) is 0 Å². The average Bonchev–Trinajstić information content (AvgIpc) is 3.05. The molecule has 1 atom stereocenters. The second-order valence-corrected chi connectivity index (χ2v) is 7.75. The number of rotatable bonds is 5. The van der Waals surface area contributed by atoms with Crippen LogP contribution in [0.1, 0.15) is 41.6 Å². The van der Waals surface area contributed by atoms with E-state index in [4.69, 9.17) is 9.47 Å². The second kappa shape index (κ2) is 7.50. The van der Waals surface area contributed by atoms with E-state index in [0.717, 1.165) is 34.6 Å². The van der Waals surface area contributed by atoms with E-state index in [-0.39, 0.29) is 11.9 Å². The molecule has 0 spiro atoms. The molecule has 2 aromatic rings. The summed E-state index contributed by atoms with van der Waals surface area (Å²) in [6.45, 7) is 5.32. The number of esters is 1. The Morgan fingerprint density at radius 3 is 2.54 bits per heavy atom. The normalized spacial score (nSPS) is 13.6. The summed E-state index contributed by atoms with van der Waals surface area (Å²) in [5, 5.41) is 2.75. The van der Waals surface area contributed by atoms with Crippen molar-refractivity contribution < 1.29 is 19.1 Å². The Hall–Kier alpha value is -2.34. The van der Waals surface area contributed by atoms with Gasteiger partial charge in [-0.05, 0) is 74.6 Å². The maximum atomic E-state index is 12.5. The minimum Gasteiger partial charge on any atom is -0.497 e.